The van der Waals surface area contributed by atoms with Crippen molar-refractivity contribution >= 4 is 21.8 Å². The first kappa shape index (κ1) is 15.6. The average Bonchev–Trinajstić information content (AvgIpc) is 3.05. The fourth-order valence-corrected chi connectivity index (χ4v) is 3.09. The van der Waals surface area contributed by atoms with Crippen molar-refractivity contribution in [1.29, 1.82) is 0 Å². The summed E-state index contributed by atoms with van der Waals surface area (Å²) >= 11 is 0. The minimum absolute atomic E-state index is 0.470. The third kappa shape index (κ3) is 2.63. The number of pyridine rings is 1. The van der Waals surface area contributed by atoms with Crippen LogP contribution in [-0.2, 0) is 4.74 Å². The molecule has 0 bridgehead atoms. The van der Waals surface area contributed by atoms with Crippen LogP contribution < -0.4 is 4.74 Å². The largest absolute Gasteiger partial charge is 0.497 e. The van der Waals surface area contributed by atoms with Crippen LogP contribution in [0, 0.1) is 0 Å². The number of aromatic nitrogens is 2. The van der Waals surface area contributed by atoms with Gasteiger partial charge >= 0.3 is 0 Å². The maximum absolute atomic E-state index is 10.2. The minimum Gasteiger partial charge on any atom is -0.497 e. The number of hydrogen-bond donors (Lipinski definition) is 2. The molecule has 0 aliphatic rings. The highest BCUT2D eigenvalue weighted by molar-refractivity contribution is 6.11. The van der Waals surface area contributed by atoms with Crippen LogP contribution in [0.4, 0.5) is 0 Å². The van der Waals surface area contributed by atoms with Gasteiger partial charge in [-0.3, -0.25) is 0 Å². The van der Waals surface area contributed by atoms with Gasteiger partial charge in [0.1, 0.15) is 5.75 Å². The number of fused-ring (bicyclic) bond motifs is 3. The van der Waals surface area contributed by atoms with Gasteiger partial charge in [-0.25, -0.2) is 4.98 Å². The molecule has 25 heavy (non-hydrogen) atoms. The van der Waals surface area contributed by atoms with Gasteiger partial charge in [0.05, 0.1) is 24.0 Å². The van der Waals surface area contributed by atoms with E-state index >= 15 is 0 Å². The fourth-order valence-electron chi connectivity index (χ4n) is 3.09. The molecule has 5 nitrogen and oxygen atoms in total. The lowest BCUT2D eigenvalue weighted by Crippen LogP contribution is -2.03. The number of aliphatic hydroxyl groups is 1. The highest BCUT2D eigenvalue weighted by Gasteiger charge is 2.17. The molecule has 1 atom stereocenters. The van der Waals surface area contributed by atoms with E-state index < -0.39 is 6.29 Å². The summed E-state index contributed by atoms with van der Waals surface area (Å²) in [5.41, 5.74) is 4.06. The number of nitrogens with one attached hydrogen (secondary N) is 1. The molecule has 2 aromatic heterocycles. The van der Waals surface area contributed by atoms with E-state index in [1.54, 1.807) is 7.11 Å². The Morgan fingerprint density at radius 1 is 1.00 bits per heavy atom. The molecule has 0 aliphatic heterocycles. The van der Waals surface area contributed by atoms with E-state index in [1.165, 1.54) is 7.11 Å². The van der Waals surface area contributed by atoms with E-state index in [-0.39, 0.29) is 0 Å². The Hall–Kier alpha value is -2.89. The summed E-state index contributed by atoms with van der Waals surface area (Å²) in [5.74, 6) is 0.751. The second-order valence-corrected chi connectivity index (χ2v) is 5.81. The van der Waals surface area contributed by atoms with E-state index in [2.05, 4.69) is 9.97 Å². The first-order valence-corrected chi connectivity index (χ1v) is 7.98. The lowest BCUT2D eigenvalue weighted by atomic mass is 10.1. The Bertz CT molecular complexity index is 1060. The molecule has 2 N–H and O–H groups in total. The summed E-state index contributed by atoms with van der Waals surface area (Å²) in [6.07, 6.45) is -1.08. The number of benzene rings is 2. The number of hydrogen-bond acceptors (Lipinski definition) is 4. The zero-order valence-electron chi connectivity index (χ0n) is 14.0. The molecule has 0 saturated heterocycles. The van der Waals surface area contributed by atoms with Gasteiger partial charge in [0.25, 0.3) is 0 Å². The standard InChI is InChI=1S/C20H18N2O3/c1-24-13-7-5-6-12(10-13)18-19-15(11-17(22-18)20(23)25-2)14-8-3-4-9-16(14)21-19/h3-11,20-21,23H,1-2H3. The topological polar surface area (TPSA) is 67.4 Å². The summed E-state index contributed by atoms with van der Waals surface area (Å²) in [6.45, 7) is 0. The molecule has 1 unspecified atom stereocenters. The van der Waals surface area contributed by atoms with Crippen LogP contribution in [0.3, 0.4) is 0 Å². The molecule has 4 rings (SSSR count). The van der Waals surface area contributed by atoms with Crippen molar-refractivity contribution in [1.82, 2.24) is 9.97 Å². The van der Waals surface area contributed by atoms with Crippen molar-refractivity contribution in [3.05, 3.63) is 60.3 Å². The molecule has 0 saturated carbocycles. The molecule has 0 radical (unpaired) electrons. The fraction of sp³-hybridized carbons (Fsp3) is 0.150. The first-order chi connectivity index (χ1) is 12.2. The maximum atomic E-state index is 10.2. The number of nitrogens with zero attached hydrogens (tertiary/aromatic N) is 1. The van der Waals surface area contributed by atoms with Crippen molar-refractivity contribution in [3.63, 3.8) is 0 Å². The monoisotopic (exact) mass is 334 g/mol. The third-order valence-electron chi connectivity index (χ3n) is 4.34. The number of methoxy groups -OCH3 is 2. The average molecular weight is 334 g/mol. The van der Waals surface area contributed by atoms with Gasteiger partial charge in [-0.2, -0.15) is 0 Å². The number of rotatable bonds is 4. The molecule has 5 heteroatoms. The van der Waals surface area contributed by atoms with Crippen LogP contribution in [-0.4, -0.2) is 29.3 Å². The SMILES string of the molecule is COc1cccc(-c2nc(C(O)OC)cc3c2[nH]c2ccccc23)c1. The number of aliphatic hydroxyl groups excluding tert-OH is 1. The van der Waals surface area contributed by atoms with Gasteiger partial charge in [-0.15, -0.1) is 0 Å². The van der Waals surface area contributed by atoms with Crippen LogP contribution in [0.15, 0.2) is 54.6 Å². The highest BCUT2D eigenvalue weighted by Crippen LogP contribution is 2.34. The first-order valence-electron chi connectivity index (χ1n) is 7.98. The van der Waals surface area contributed by atoms with Gasteiger partial charge in [0.2, 0.25) is 0 Å². The Morgan fingerprint density at radius 3 is 2.64 bits per heavy atom. The molecule has 0 aliphatic carbocycles. The molecule has 0 amide bonds. The second-order valence-electron chi connectivity index (χ2n) is 5.81. The summed E-state index contributed by atoms with van der Waals surface area (Å²) in [4.78, 5) is 8.09. The predicted molar refractivity (Wildman–Crippen MR) is 97.6 cm³/mol. The van der Waals surface area contributed by atoms with E-state index in [0.717, 1.165) is 38.8 Å². The third-order valence-corrected chi connectivity index (χ3v) is 4.34. The van der Waals surface area contributed by atoms with Crippen molar-refractivity contribution in [2.75, 3.05) is 14.2 Å². The quantitative estimate of drug-likeness (QED) is 0.553. The van der Waals surface area contributed by atoms with Crippen molar-refractivity contribution in [2.45, 2.75) is 6.29 Å². The molecular formula is C20H18N2O3. The number of aromatic amines is 1. The van der Waals surface area contributed by atoms with Gasteiger partial charge in [-0.1, -0.05) is 30.3 Å². The van der Waals surface area contributed by atoms with E-state index in [9.17, 15) is 5.11 Å². The number of para-hydroxylation sites is 1. The van der Waals surface area contributed by atoms with Crippen LogP contribution in [0.5, 0.6) is 5.75 Å². The molecule has 2 heterocycles. The smallest absolute Gasteiger partial charge is 0.198 e. The van der Waals surface area contributed by atoms with Crippen LogP contribution in [0.25, 0.3) is 33.1 Å². The molecule has 0 spiro atoms. The Morgan fingerprint density at radius 2 is 1.84 bits per heavy atom. The van der Waals surface area contributed by atoms with Crippen LogP contribution >= 0.6 is 0 Å². The van der Waals surface area contributed by atoms with E-state index in [1.807, 2.05) is 54.6 Å². The van der Waals surface area contributed by atoms with Gasteiger partial charge in [0, 0.05) is 29.0 Å². The normalized spacial score (nSPS) is 12.6. The molecule has 2 aromatic carbocycles. The van der Waals surface area contributed by atoms with Gasteiger partial charge in [0.15, 0.2) is 6.29 Å². The second kappa shape index (κ2) is 6.20. The van der Waals surface area contributed by atoms with Crippen LogP contribution in [0.1, 0.15) is 12.0 Å². The highest BCUT2D eigenvalue weighted by atomic mass is 16.6. The predicted octanol–water partition coefficient (Wildman–Crippen LogP) is 4.03. The lowest BCUT2D eigenvalue weighted by molar-refractivity contribution is -0.0797. The Kier molecular flexibility index (Phi) is 3.87. The zero-order chi connectivity index (χ0) is 17.4. The number of ether oxygens (including phenoxy) is 2. The van der Waals surface area contributed by atoms with Gasteiger partial charge < -0.3 is 19.6 Å². The van der Waals surface area contributed by atoms with Crippen molar-refractivity contribution in [2.24, 2.45) is 0 Å². The molecule has 126 valence electrons. The number of H-pyrrole nitrogens is 1. The van der Waals surface area contributed by atoms with E-state index in [0.29, 0.717) is 5.69 Å². The van der Waals surface area contributed by atoms with Crippen LogP contribution in [0.2, 0.25) is 0 Å². The summed E-state index contributed by atoms with van der Waals surface area (Å²) in [7, 11) is 3.09. The summed E-state index contributed by atoms with van der Waals surface area (Å²) < 4.78 is 10.4. The summed E-state index contributed by atoms with van der Waals surface area (Å²) in [5, 5.41) is 12.2. The minimum atomic E-state index is -1.08. The maximum Gasteiger partial charge on any atom is 0.198 e. The van der Waals surface area contributed by atoms with Crippen molar-refractivity contribution < 1.29 is 14.6 Å². The molecule has 4 aromatic rings. The zero-order valence-corrected chi connectivity index (χ0v) is 14.0. The molecular weight excluding hydrogens is 316 g/mol. The Labute approximate surface area is 144 Å². The van der Waals surface area contributed by atoms with Gasteiger partial charge in [-0.05, 0) is 24.3 Å². The lowest BCUT2D eigenvalue weighted by Gasteiger charge is -2.12. The van der Waals surface area contributed by atoms with Crippen molar-refractivity contribution in [3.8, 4) is 17.0 Å². The Balaban J connectivity index is 2.06. The molecule has 0 fully saturated rings. The van der Waals surface area contributed by atoms with E-state index in [4.69, 9.17) is 9.47 Å². The summed E-state index contributed by atoms with van der Waals surface area (Å²) in [6, 6.07) is 17.6.